The van der Waals surface area contributed by atoms with Gasteiger partial charge in [-0.3, -0.25) is 9.52 Å². The van der Waals surface area contributed by atoms with Crippen molar-refractivity contribution in [3.63, 3.8) is 0 Å². The number of sulfonamides is 1. The number of nitrogens with one attached hydrogen (secondary N) is 1. The standard InChI is InChI=1S/C17H20N2O3S/c1-4-19(3)17(20)14-9-11-15(12-10-14)23(21,22)18-16-8-6-5-7-13(16)2/h5-12,18H,4H2,1-3H3. The summed E-state index contributed by atoms with van der Waals surface area (Å²) in [4.78, 5) is 13.7. The summed E-state index contributed by atoms with van der Waals surface area (Å²) in [5, 5.41) is 0. The number of rotatable bonds is 5. The Morgan fingerprint density at radius 3 is 2.26 bits per heavy atom. The maximum atomic E-state index is 12.4. The number of nitrogens with zero attached hydrogens (tertiary/aromatic N) is 1. The number of benzene rings is 2. The maximum absolute atomic E-state index is 12.4. The van der Waals surface area contributed by atoms with E-state index in [1.54, 1.807) is 24.1 Å². The van der Waals surface area contributed by atoms with Gasteiger partial charge in [-0.05, 0) is 49.7 Å². The van der Waals surface area contributed by atoms with Crippen LogP contribution >= 0.6 is 0 Å². The predicted octanol–water partition coefficient (Wildman–Crippen LogP) is 2.89. The van der Waals surface area contributed by atoms with Gasteiger partial charge in [0.15, 0.2) is 0 Å². The van der Waals surface area contributed by atoms with Crippen molar-refractivity contribution in [1.82, 2.24) is 4.90 Å². The van der Waals surface area contributed by atoms with E-state index in [-0.39, 0.29) is 10.8 Å². The summed E-state index contributed by atoms with van der Waals surface area (Å²) in [6, 6.07) is 13.1. The average Bonchev–Trinajstić information content (AvgIpc) is 2.55. The van der Waals surface area contributed by atoms with Crippen molar-refractivity contribution in [2.45, 2.75) is 18.7 Å². The molecule has 0 aliphatic rings. The van der Waals surface area contributed by atoms with E-state index >= 15 is 0 Å². The molecule has 2 aromatic carbocycles. The zero-order valence-electron chi connectivity index (χ0n) is 13.4. The van der Waals surface area contributed by atoms with Gasteiger partial charge in [0.05, 0.1) is 10.6 Å². The number of para-hydroxylation sites is 1. The molecule has 0 aliphatic heterocycles. The Morgan fingerprint density at radius 2 is 1.70 bits per heavy atom. The first-order valence-corrected chi connectivity index (χ1v) is 8.77. The van der Waals surface area contributed by atoms with Crippen molar-refractivity contribution < 1.29 is 13.2 Å². The fraction of sp³-hybridized carbons (Fsp3) is 0.235. The number of amides is 1. The van der Waals surface area contributed by atoms with E-state index in [4.69, 9.17) is 0 Å². The van der Waals surface area contributed by atoms with E-state index in [9.17, 15) is 13.2 Å². The molecule has 23 heavy (non-hydrogen) atoms. The molecule has 0 aliphatic carbocycles. The monoisotopic (exact) mass is 332 g/mol. The molecule has 0 atom stereocenters. The fourth-order valence-electron chi connectivity index (χ4n) is 2.03. The molecule has 0 radical (unpaired) electrons. The van der Waals surface area contributed by atoms with Crippen LogP contribution < -0.4 is 4.72 Å². The molecular weight excluding hydrogens is 312 g/mol. The summed E-state index contributed by atoms with van der Waals surface area (Å²) in [5.74, 6) is -0.136. The van der Waals surface area contributed by atoms with Gasteiger partial charge in [0, 0.05) is 19.2 Å². The molecule has 0 saturated heterocycles. The van der Waals surface area contributed by atoms with Crippen molar-refractivity contribution in [1.29, 1.82) is 0 Å². The molecule has 0 unspecified atom stereocenters. The Kier molecular flexibility index (Phi) is 5.05. The average molecular weight is 332 g/mol. The lowest BCUT2D eigenvalue weighted by Crippen LogP contribution is -2.26. The van der Waals surface area contributed by atoms with Crippen LogP contribution in [0.2, 0.25) is 0 Å². The first-order valence-electron chi connectivity index (χ1n) is 7.29. The minimum absolute atomic E-state index is 0.122. The highest BCUT2D eigenvalue weighted by Crippen LogP contribution is 2.19. The highest BCUT2D eigenvalue weighted by atomic mass is 32.2. The maximum Gasteiger partial charge on any atom is 0.261 e. The molecule has 0 spiro atoms. The van der Waals surface area contributed by atoms with Gasteiger partial charge < -0.3 is 4.90 Å². The zero-order valence-corrected chi connectivity index (χ0v) is 14.2. The molecule has 2 rings (SSSR count). The molecule has 2 aromatic rings. The summed E-state index contributed by atoms with van der Waals surface area (Å²) in [7, 11) is -1.98. The SMILES string of the molecule is CCN(C)C(=O)c1ccc(S(=O)(=O)Nc2ccccc2C)cc1. The Balaban J connectivity index is 2.24. The summed E-state index contributed by atoms with van der Waals surface area (Å²) in [6.45, 7) is 4.30. The lowest BCUT2D eigenvalue weighted by Gasteiger charge is -2.15. The highest BCUT2D eigenvalue weighted by molar-refractivity contribution is 7.92. The lowest BCUT2D eigenvalue weighted by atomic mass is 10.2. The number of hydrogen-bond donors (Lipinski definition) is 1. The third kappa shape index (κ3) is 3.90. The van der Waals surface area contributed by atoms with Crippen molar-refractivity contribution in [2.75, 3.05) is 18.3 Å². The van der Waals surface area contributed by atoms with Gasteiger partial charge in [0.2, 0.25) is 0 Å². The predicted molar refractivity (Wildman–Crippen MR) is 91.1 cm³/mol. The molecule has 0 saturated carbocycles. The van der Waals surface area contributed by atoms with Crippen molar-refractivity contribution in [3.05, 3.63) is 59.7 Å². The third-order valence-electron chi connectivity index (χ3n) is 3.62. The molecule has 0 aromatic heterocycles. The molecule has 5 nitrogen and oxygen atoms in total. The van der Waals surface area contributed by atoms with Crippen LogP contribution in [0.1, 0.15) is 22.8 Å². The summed E-state index contributed by atoms with van der Waals surface area (Å²) < 4.78 is 27.4. The van der Waals surface area contributed by atoms with E-state index in [1.165, 1.54) is 24.3 Å². The number of anilines is 1. The second kappa shape index (κ2) is 6.83. The fourth-order valence-corrected chi connectivity index (χ4v) is 3.16. The topological polar surface area (TPSA) is 66.5 Å². The second-order valence-electron chi connectivity index (χ2n) is 5.26. The highest BCUT2D eigenvalue weighted by Gasteiger charge is 2.16. The Morgan fingerprint density at radius 1 is 1.09 bits per heavy atom. The number of carbonyl (C=O) groups is 1. The molecule has 6 heteroatoms. The van der Waals surface area contributed by atoms with Crippen molar-refractivity contribution >= 4 is 21.6 Å². The van der Waals surface area contributed by atoms with Crippen molar-refractivity contribution in [2.24, 2.45) is 0 Å². The van der Waals surface area contributed by atoms with E-state index in [2.05, 4.69) is 4.72 Å². The molecule has 1 amide bonds. The van der Waals surface area contributed by atoms with E-state index < -0.39 is 10.0 Å². The van der Waals surface area contributed by atoms with Crippen LogP contribution in [0.5, 0.6) is 0 Å². The Hall–Kier alpha value is -2.34. The van der Waals surface area contributed by atoms with Crippen LogP contribution in [-0.2, 0) is 10.0 Å². The Labute approximate surface area is 137 Å². The lowest BCUT2D eigenvalue weighted by molar-refractivity contribution is 0.0802. The number of aryl methyl sites for hydroxylation is 1. The van der Waals surface area contributed by atoms with Crippen LogP contribution in [0.3, 0.4) is 0 Å². The van der Waals surface area contributed by atoms with Gasteiger partial charge in [0.1, 0.15) is 0 Å². The normalized spacial score (nSPS) is 11.1. The van der Waals surface area contributed by atoms with Gasteiger partial charge >= 0.3 is 0 Å². The van der Waals surface area contributed by atoms with Crippen LogP contribution in [0, 0.1) is 6.92 Å². The first kappa shape index (κ1) is 17.0. The van der Waals surface area contributed by atoms with Gasteiger partial charge in [0.25, 0.3) is 15.9 Å². The van der Waals surface area contributed by atoms with E-state index in [0.717, 1.165) is 5.56 Å². The second-order valence-corrected chi connectivity index (χ2v) is 6.95. The van der Waals surface area contributed by atoms with E-state index in [0.29, 0.717) is 17.8 Å². The first-order chi connectivity index (χ1) is 10.8. The van der Waals surface area contributed by atoms with Crippen molar-refractivity contribution in [3.8, 4) is 0 Å². The summed E-state index contributed by atoms with van der Waals surface area (Å²) in [5.41, 5.74) is 1.84. The Bertz CT molecular complexity index is 799. The summed E-state index contributed by atoms with van der Waals surface area (Å²) in [6.07, 6.45) is 0. The zero-order chi connectivity index (χ0) is 17.0. The minimum Gasteiger partial charge on any atom is -0.342 e. The number of hydrogen-bond acceptors (Lipinski definition) is 3. The molecule has 0 heterocycles. The van der Waals surface area contributed by atoms with Gasteiger partial charge in [-0.15, -0.1) is 0 Å². The van der Waals surface area contributed by atoms with Crippen LogP contribution in [0.15, 0.2) is 53.4 Å². The molecule has 0 bridgehead atoms. The quantitative estimate of drug-likeness (QED) is 0.915. The smallest absolute Gasteiger partial charge is 0.261 e. The van der Waals surface area contributed by atoms with Gasteiger partial charge in [-0.25, -0.2) is 8.42 Å². The minimum atomic E-state index is -3.68. The molecule has 122 valence electrons. The number of carbonyl (C=O) groups excluding carboxylic acids is 1. The third-order valence-corrected chi connectivity index (χ3v) is 5.00. The van der Waals surface area contributed by atoms with Crippen LogP contribution in [0.25, 0.3) is 0 Å². The van der Waals surface area contributed by atoms with E-state index in [1.807, 2.05) is 26.0 Å². The van der Waals surface area contributed by atoms with Crippen LogP contribution in [0.4, 0.5) is 5.69 Å². The summed E-state index contributed by atoms with van der Waals surface area (Å²) >= 11 is 0. The molecule has 1 N–H and O–H groups in total. The van der Waals surface area contributed by atoms with Gasteiger partial charge in [-0.1, -0.05) is 18.2 Å². The van der Waals surface area contributed by atoms with Crippen LogP contribution in [-0.4, -0.2) is 32.8 Å². The van der Waals surface area contributed by atoms with Gasteiger partial charge in [-0.2, -0.15) is 0 Å². The molecule has 0 fully saturated rings. The molecular formula is C17H20N2O3S. The largest absolute Gasteiger partial charge is 0.342 e.